The van der Waals surface area contributed by atoms with E-state index in [1.165, 1.54) is 64.2 Å². The van der Waals surface area contributed by atoms with Gasteiger partial charge in [0.15, 0.2) is 0 Å². The fourth-order valence-electron chi connectivity index (χ4n) is 3.20. The van der Waals surface area contributed by atoms with Gasteiger partial charge in [0.25, 0.3) is 0 Å². The number of aliphatic hydroxyl groups is 3. The van der Waals surface area contributed by atoms with Crippen LogP contribution >= 0.6 is 0 Å². The van der Waals surface area contributed by atoms with Crippen molar-refractivity contribution >= 4 is 0 Å². The predicted molar refractivity (Wildman–Crippen MR) is 104 cm³/mol. The SMILES string of the molecule is CCCCCCCCCCCC/C=C/COC[C@@H]1OC[C@@H](O)[C@H](O)[C@H]1O. The van der Waals surface area contributed by atoms with E-state index >= 15 is 0 Å². The molecule has 26 heavy (non-hydrogen) atoms. The van der Waals surface area contributed by atoms with E-state index in [1.807, 2.05) is 6.08 Å². The standard InChI is InChI=1S/C21H40O5/c1-2-3-4-5-6-7-8-9-10-11-12-13-14-15-25-17-19-21(24)20(23)18(22)16-26-19/h13-14,18-24H,2-12,15-17H2,1H3/b14-13+/t18-,19+,20+,21+/m1/s1. The van der Waals surface area contributed by atoms with Crippen LogP contribution in [0.5, 0.6) is 0 Å². The maximum atomic E-state index is 9.79. The molecule has 0 aromatic heterocycles. The zero-order chi connectivity index (χ0) is 19.0. The first-order chi connectivity index (χ1) is 12.7. The number of allylic oxidation sites excluding steroid dienone is 1. The molecule has 1 rings (SSSR count). The quantitative estimate of drug-likeness (QED) is 0.303. The molecule has 0 radical (unpaired) electrons. The lowest BCUT2D eigenvalue weighted by molar-refractivity contribution is -0.198. The minimum atomic E-state index is -1.16. The van der Waals surface area contributed by atoms with Crippen LogP contribution in [0.3, 0.4) is 0 Å². The Labute approximate surface area is 159 Å². The summed E-state index contributed by atoms with van der Waals surface area (Å²) in [6, 6.07) is 0. The Balaban J connectivity index is 1.86. The normalized spacial score (nSPS) is 26.6. The molecule has 4 atom stereocenters. The molecule has 0 bridgehead atoms. The van der Waals surface area contributed by atoms with Gasteiger partial charge in [-0.25, -0.2) is 0 Å². The molecule has 0 spiro atoms. The smallest absolute Gasteiger partial charge is 0.111 e. The van der Waals surface area contributed by atoms with Crippen molar-refractivity contribution < 1.29 is 24.8 Å². The molecule has 0 aromatic carbocycles. The van der Waals surface area contributed by atoms with Crippen molar-refractivity contribution in [2.45, 2.75) is 102 Å². The largest absolute Gasteiger partial charge is 0.388 e. The molecule has 3 N–H and O–H groups in total. The molecule has 0 aliphatic carbocycles. The van der Waals surface area contributed by atoms with Gasteiger partial charge in [0, 0.05) is 0 Å². The van der Waals surface area contributed by atoms with Crippen LogP contribution in [-0.2, 0) is 9.47 Å². The molecule has 1 aliphatic heterocycles. The average Bonchev–Trinajstić information content (AvgIpc) is 2.64. The Kier molecular flexibility index (Phi) is 14.1. The minimum Gasteiger partial charge on any atom is -0.388 e. The molecule has 1 saturated heterocycles. The van der Waals surface area contributed by atoms with E-state index in [0.29, 0.717) is 6.61 Å². The van der Waals surface area contributed by atoms with Crippen molar-refractivity contribution in [2.75, 3.05) is 19.8 Å². The van der Waals surface area contributed by atoms with Gasteiger partial charge in [0.2, 0.25) is 0 Å². The Hall–Kier alpha value is -0.460. The van der Waals surface area contributed by atoms with Gasteiger partial charge < -0.3 is 24.8 Å². The van der Waals surface area contributed by atoms with Crippen LogP contribution in [0.1, 0.15) is 77.6 Å². The maximum absolute atomic E-state index is 9.79. The Morgan fingerprint density at radius 1 is 0.846 bits per heavy atom. The summed E-state index contributed by atoms with van der Waals surface area (Å²) in [6.45, 7) is 2.98. The summed E-state index contributed by atoms with van der Waals surface area (Å²) in [5.74, 6) is 0. The average molecular weight is 373 g/mol. The van der Waals surface area contributed by atoms with Crippen LogP contribution < -0.4 is 0 Å². The first kappa shape index (κ1) is 23.6. The summed E-state index contributed by atoms with van der Waals surface area (Å²) in [7, 11) is 0. The minimum absolute atomic E-state index is 0.0286. The van der Waals surface area contributed by atoms with Gasteiger partial charge in [-0.15, -0.1) is 0 Å². The highest BCUT2D eigenvalue weighted by molar-refractivity contribution is 4.87. The van der Waals surface area contributed by atoms with Crippen LogP contribution in [0.25, 0.3) is 0 Å². The van der Waals surface area contributed by atoms with Gasteiger partial charge in [-0.1, -0.05) is 76.9 Å². The Bertz CT molecular complexity index is 347. The van der Waals surface area contributed by atoms with Gasteiger partial charge in [0.05, 0.1) is 19.8 Å². The van der Waals surface area contributed by atoms with Crippen LogP contribution in [-0.4, -0.2) is 59.6 Å². The van der Waals surface area contributed by atoms with Crippen LogP contribution in [0, 0.1) is 0 Å². The number of rotatable bonds is 15. The summed E-state index contributed by atoms with van der Waals surface area (Å²) in [5, 5.41) is 28.8. The number of aliphatic hydroxyl groups excluding tert-OH is 3. The number of hydrogen-bond acceptors (Lipinski definition) is 5. The van der Waals surface area contributed by atoms with Gasteiger partial charge in [-0.05, 0) is 12.8 Å². The van der Waals surface area contributed by atoms with Gasteiger partial charge in [-0.3, -0.25) is 0 Å². The fraction of sp³-hybridized carbons (Fsp3) is 0.905. The molecule has 0 saturated carbocycles. The monoisotopic (exact) mass is 372 g/mol. The van der Waals surface area contributed by atoms with Crippen molar-refractivity contribution in [2.24, 2.45) is 0 Å². The summed E-state index contributed by atoms with van der Waals surface area (Å²) in [6.07, 6.45) is 14.8. The van der Waals surface area contributed by atoms with E-state index in [0.717, 1.165) is 6.42 Å². The molecule has 154 valence electrons. The summed E-state index contributed by atoms with van der Waals surface area (Å²) < 4.78 is 10.7. The van der Waals surface area contributed by atoms with E-state index in [4.69, 9.17) is 9.47 Å². The van der Waals surface area contributed by atoms with E-state index in [9.17, 15) is 15.3 Å². The lowest BCUT2D eigenvalue weighted by atomic mass is 10.0. The molecule has 5 nitrogen and oxygen atoms in total. The first-order valence-electron chi connectivity index (χ1n) is 10.5. The summed E-state index contributed by atoms with van der Waals surface area (Å²) in [4.78, 5) is 0. The lowest BCUT2D eigenvalue weighted by Crippen LogP contribution is -2.54. The van der Waals surface area contributed by atoms with E-state index in [-0.39, 0.29) is 13.2 Å². The Morgan fingerprint density at radius 3 is 2.12 bits per heavy atom. The highest BCUT2D eigenvalue weighted by Gasteiger charge is 2.37. The molecule has 1 fully saturated rings. The van der Waals surface area contributed by atoms with Gasteiger partial charge >= 0.3 is 0 Å². The summed E-state index contributed by atoms with van der Waals surface area (Å²) >= 11 is 0. The number of ether oxygens (including phenoxy) is 2. The third-order valence-electron chi connectivity index (χ3n) is 4.99. The molecule has 0 amide bonds. The van der Waals surface area contributed by atoms with Crippen molar-refractivity contribution in [3.8, 4) is 0 Å². The van der Waals surface area contributed by atoms with Gasteiger partial charge in [0.1, 0.15) is 24.4 Å². The second-order valence-corrected chi connectivity index (χ2v) is 7.40. The summed E-state index contributed by atoms with van der Waals surface area (Å²) in [5.41, 5.74) is 0. The molecule has 1 aliphatic rings. The third-order valence-corrected chi connectivity index (χ3v) is 4.99. The molecule has 0 aromatic rings. The Morgan fingerprint density at radius 2 is 1.46 bits per heavy atom. The van der Waals surface area contributed by atoms with E-state index < -0.39 is 24.4 Å². The van der Waals surface area contributed by atoms with Crippen LogP contribution in [0.15, 0.2) is 12.2 Å². The van der Waals surface area contributed by atoms with E-state index in [1.54, 1.807) is 0 Å². The first-order valence-corrected chi connectivity index (χ1v) is 10.5. The second kappa shape index (κ2) is 15.6. The van der Waals surface area contributed by atoms with Crippen LogP contribution in [0.2, 0.25) is 0 Å². The van der Waals surface area contributed by atoms with Crippen LogP contribution in [0.4, 0.5) is 0 Å². The predicted octanol–water partition coefficient (Wildman–Crippen LogP) is 3.35. The zero-order valence-electron chi connectivity index (χ0n) is 16.5. The topological polar surface area (TPSA) is 79.2 Å². The second-order valence-electron chi connectivity index (χ2n) is 7.40. The van der Waals surface area contributed by atoms with Crippen molar-refractivity contribution in [1.82, 2.24) is 0 Å². The van der Waals surface area contributed by atoms with Gasteiger partial charge in [-0.2, -0.15) is 0 Å². The molecule has 1 heterocycles. The number of unbranched alkanes of at least 4 members (excludes halogenated alkanes) is 10. The highest BCUT2D eigenvalue weighted by atomic mass is 16.6. The molecular weight excluding hydrogens is 332 g/mol. The lowest BCUT2D eigenvalue weighted by Gasteiger charge is -2.34. The van der Waals surface area contributed by atoms with Crippen molar-refractivity contribution in [1.29, 1.82) is 0 Å². The zero-order valence-corrected chi connectivity index (χ0v) is 16.5. The molecule has 5 heteroatoms. The molecule has 0 unspecified atom stereocenters. The van der Waals surface area contributed by atoms with E-state index in [2.05, 4.69) is 13.0 Å². The molecular formula is C21H40O5. The van der Waals surface area contributed by atoms with Crippen molar-refractivity contribution in [3.05, 3.63) is 12.2 Å². The maximum Gasteiger partial charge on any atom is 0.111 e. The number of hydrogen-bond donors (Lipinski definition) is 3. The fourth-order valence-corrected chi connectivity index (χ4v) is 3.20. The highest BCUT2D eigenvalue weighted by Crippen LogP contribution is 2.16. The van der Waals surface area contributed by atoms with Crippen molar-refractivity contribution in [3.63, 3.8) is 0 Å². The third kappa shape index (κ3) is 10.6.